The fraction of sp³-hybridized carbons (Fsp3) is 0.412. The van der Waals surface area contributed by atoms with Gasteiger partial charge in [-0.05, 0) is 18.8 Å². The van der Waals surface area contributed by atoms with Gasteiger partial charge in [0.25, 0.3) is 0 Å². The number of carbonyl (C=O) groups is 2. The standard InChI is InChI=1S/C17H19NO2S/c1-10(2)9-21-17-14(18-11-7-8-11)15(19)12-5-3-4-6-13(12)16(17)20/h3-6,10-11,18H,7-9H2,1-2H3. The predicted molar refractivity (Wildman–Crippen MR) is 85.6 cm³/mol. The summed E-state index contributed by atoms with van der Waals surface area (Å²) in [6, 6.07) is 7.48. The molecule has 1 aromatic rings. The molecule has 1 N–H and O–H groups in total. The van der Waals surface area contributed by atoms with Crippen LogP contribution in [0, 0.1) is 5.92 Å². The van der Waals surface area contributed by atoms with E-state index in [1.54, 1.807) is 12.1 Å². The van der Waals surface area contributed by atoms with E-state index < -0.39 is 0 Å². The zero-order valence-corrected chi connectivity index (χ0v) is 13.1. The molecule has 0 bridgehead atoms. The number of hydrogen-bond donors (Lipinski definition) is 1. The molecule has 0 heterocycles. The van der Waals surface area contributed by atoms with Crippen molar-refractivity contribution in [3.63, 3.8) is 0 Å². The number of carbonyl (C=O) groups excluding carboxylic acids is 2. The lowest BCUT2D eigenvalue weighted by atomic mass is 9.92. The minimum Gasteiger partial charge on any atom is -0.378 e. The van der Waals surface area contributed by atoms with Crippen LogP contribution in [0.2, 0.25) is 0 Å². The zero-order chi connectivity index (χ0) is 15.0. The van der Waals surface area contributed by atoms with Crippen LogP contribution in [0.1, 0.15) is 47.4 Å². The number of ketones is 2. The zero-order valence-electron chi connectivity index (χ0n) is 12.3. The van der Waals surface area contributed by atoms with Gasteiger partial charge in [-0.3, -0.25) is 9.59 Å². The molecule has 2 aliphatic carbocycles. The highest BCUT2D eigenvalue weighted by molar-refractivity contribution is 8.04. The van der Waals surface area contributed by atoms with E-state index in [1.165, 1.54) is 11.8 Å². The highest BCUT2D eigenvalue weighted by atomic mass is 32.2. The molecule has 2 aliphatic rings. The molecule has 3 nitrogen and oxygen atoms in total. The largest absolute Gasteiger partial charge is 0.378 e. The molecule has 0 spiro atoms. The highest BCUT2D eigenvalue weighted by Gasteiger charge is 2.35. The number of Topliss-reactive ketones (excluding diaryl/α,β-unsaturated/α-hetero) is 2. The number of thioether (sulfide) groups is 1. The molecule has 0 atom stereocenters. The fourth-order valence-corrected chi connectivity index (χ4v) is 3.34. The normalized spacial score (nSPS) is 18.2. The Bertz CT molecular complexity index is 629. The van der Waals surface area contributed by atoms with Gasteiger partial charge in [-0.2, -0.15) is 0 Å². The summed E-state index contributed by atoms with van der Waals surface area (Å²) in [6.07, 6.45) is 2.16. The van der Waals surface area contributed by atoms with Crippen LogP contribution in [0.5, 0.6) is 0 Å². The van der Waals surface area contributed by atoms with Gasteiger partial charge in [-0.25, -0.2) is 0 Å². The van der Waals surface area contributed by atoms with E-state index in [2.05, 4.69) is 19.2 Å². The van der Waals surface area contributed by atoms with Crippen molar-refractivity contribution in [3.05, 3.63) is 46.0 Å². The second-order valence-corrected chi connectivity index (χ2v) is 7.06. The Balaban J connectivity index is 1.99. The molecule has 1 aromatic carbocycles. The molecule has 4 heteroatoms. The molecule has 0 aromatic heterocycles. The summed E-state index contributed by atoms with van der Waals surface area (Å²) in [5, 5.41) is 3.28. The van der Waals surface area contributed by atoms with Gasteiger partial charge in [0.05, 0.1) is 4.91 Å². The van der Waals surface area contributed by atoms with Gasteiger partial charge in [0.15, 0.2) is 0 Å². The second kappa shape index (κ2) is 5.68. The van der Waals surface area contributed by atoms with Gasteiger partial charge in [-0.15, -0.1) is 11.8 Å². The SMILES string of the molecule is CC(C)CSC1=C(NC2CC2)C(=O)c2ccccc2C1=O. The molecule has 3 rings (SSSR count). The molecule has 0 unspecified atom stereocenters. The molecular formula is C17H19NO2S. The lowest BCUT2D eigenvalue weighted by Crippen LogP contribution is -2.31. The molecule has 21 heavy (non-hydrogen) atoms. The molecule has 1 saturated carbocycles. The van der Waals surface area contributed by atoms with E-state index in [0.717, 1.165) is 18.6 Å². The van der Waals surface area contributed by atoms with Crippen molar-refractivity contribution in [1.29, 1.82) is 0 Å². The first kappa shape index (κ1) is 14.4. The summed E-state index contributed by atoms with van der Waals surface area (Å²) in [5.74, 6) is 1.26. The van der Waals surface area contributed by atoms with Crippen LogP contribution >= 0.6 is 11.8 Å². The smallest absolute Gasteiger partial charge is 0.210 e. The molecule has 0 radical (unpaired) electrons. The Morgan fingerprint density at radius 3 is 2.33 bits per heavy atom. The van der Waals surface area contributed by atoms with Gasteiger partial charge in [0.1, 0.15) is 5.70 Å². The number of rotatable bonds is 5. The topological polar surface area (TPSA) is 46.2 Å². The number of fused-ring (bicyclic) bond motifs is 1. The Morgan fingerprint density at radius 2 is 1.76 bits per heavy atom. The van der Waals surface area contributed by atoms with E-state index in [4.69, 9.17) is 0 Å². The number of allylic oxidation sites excluding steroid dienone is 2. The molecule has 110 valence electrons. The molecule has 0 saturated heterocycles. The van der Waals surface area contributed by atoms with Crippen molar-refractivity contribution in [1.82, 2.24) is 5.32 Å². The minimum absolute atomic E-state index is 0.0148. The number of hydrogen-bond acceptors (Lipinski definition) is 4. The van der Waals surface area contributed by atoms with Crippen LogP contribution < -0.4 is 5.32 Å². The molecule has 1 fully saturated rings. The second-order valence-electron chi connectivity index (χ2n) is 6.03. The average Bonchev–Trinajstić information content (AvgIpc) is 3.28. The number of benzene rings is 1. The first-order valence-electron chi connectivity index (χ1n) is 7.40. The number of nitrogens with one attached hydrogen (secondary N) is 1. The Kier molecular flexibility index (Phi) is 3.89. The van der Waals surface area contributed by atoms with Crippen molar-refractivity contribution in [2.75, 3.05) is 5.75 Å². The van der Waals surface area contributed by atoms with E-state index >= 15 is 0 Å². The molecule has 0 aliphatic heterocycles. The van der Waals surface area contributed by atoms with Crippen LogP contribution in [0.15, 0.2) is 34.9 Å². The van der Waals surface area contributed by atoms with Crippen molar-refractivity contribution in [2.45, 2.75) is 32.7 Å². The first-order chi connectivity index (χ1) is 10.1. The maximum absolute atomic E-state index is 12.7. The summed E-state index contributed by atoms with van der Waals surface area (Å²) in [5.41, 5.74) is 1.58. The van der Waals surface area contributed by atoms with E-state index in [1.807, 2.05) is 12.1 Å². The first-order valence-corrected chi connectivity index (χ1v) is 8.38. The fourth-order valence-electron chi connectivity index (χ4n) is 2.30. The van der Waals surface area contributed by atoms with Crippen molar-refractivity contribution in [3.8, 4) is 0 Å². The third-order valence-electron chi connectivity index (χ3n) is 3.56. The van der Waals surface area contributed by atoms with E-state index in [0.29, 0.717) is 33.7 Å². The quantitative estimate of drug-likeness (QED) is 0.905. The van der Waals surface area contributed by atoms with Gasteiger partial charge in [0, 0.05) is 22.9 Å². The Hall–Kier alpha value is -1.55. The summed E-state index contributed by atoms with van der Waals surface area (Å²) in [6.45, 7) is 4.23. The lowest BCUT2D eigenvalue weighted by molar-refractivity contribution is 0.0975. The van der Waals surface area contributed by atoms with Gasteiger partial charge in [0.2, 0.25) is 11.6 Å². The average molecular weight is 301 g/mol. The minimum atomic E-state index is -0.0386. The van der Waals surface area contributed by atoms with Crippen molar-refractivity contribution >= 4 is 23.3 Å². The molecule has 0 amide bonds. The Morgan fingerprint density at radius 1 is 1.14 bits per heavy atom. The van der Waals surface area contributed by atoms with Gasteiger partial charge >= 0.3 is 0 Å². The van der Waals surface area contributed by atoms with E-state index in [9.17, 15) is 9.59 Å². The molecular weight excluding hydrogens is 282 g/mol. The predicted octanol–water partition coefficient (Wildman–Crippen LogP) is 3.42. The lowest BCUT2D eigenvalue weighted by Gasteiger charge is -2.22. The Labute approximate surface area is 129 Å². The van der Waals surface area contributed by atoms with Gasteiger partial charge in [-0.1, -0.05) is 38.1 Å². The summed E-state index contributed by atoms with van der Waals surface area (Å²) >= 11 is 1.51. The third kappa shape index (κ3) is 2.91. The summed E-state index contributed by atoms with van der Waals surface area (Å²) in [7, 11) is 0. The van der Waals surface area contributed by atoms with Crippen LogP contribution in [0.25, 0.3) is 0 Å². The summed E-state index contributed by atoms with van der Waals surface area (Å²) in [4.78, 5) is 26.0. The van der Waals surface area contributed by atoms with Crippen molar-refractivity contribution < 1.29 is 9.59 Å². The van der Waals surface area contributed by atoms with Crippen LogP contribution in [0.3, 0.4) is 0 Å². The maximum Gasteiger partial charge on any atom is 0.210 e. The summed E-state index contributed by atoms with van der Waals surface area (Å²) < 4.78 is 0. The van der Waals surface area contributed by atoms with Crippen LogP contribution in [-0.2, 0) is 0 Å². The van der Waals surface area contributed by atoms with Crippen LogP contribution in [0.4, 0.5) is 0 Å². The van der Waals surface area contributed by atoms with Crippen molar-refractivity contribution in [2.24, 2.45) is 5.92 Å². The van der Waals surface area contributed by atoms with E-state index in [-0.39, 0.29) is 11.6 Å². The van der Waals surface area contributed by atoms with Gasteiger partial charge < -0.3 is 5.32 Å². The van der Waals surface area contributed by atoms with Crippen LogP contribution in [-0.4, -0.2) is 23.4 Å². The maximum atomic E-state index is 12.7. The third-order valence-corrected chi connectivity index (χ3v) is 5.08. The highest BCUT2D eigenvalue weighted by Crippen LogP contribution is 2.34. The monoisotopic (exact) mass is 301 g/mol.